The molecule has 0 saturated heterocycles. The second kappa shape index (κ2) is 11.8. The van der Waals surface area contributed by atoms with Gasteiger partial charge in [-0.25, -0.2) is 8.42 Å². The van der Waals surface area contributed by atoms with Crippen molar-refractivity contribution in [2.75, 3.05) is 23.7 Å². The molecule has 0 radical (unpaired) electrons. The third-order valence-electron chi connectivity index (χ3n) is 5.37. The minimum absolute atomic E-state index is 0.197. The fourth-order valence-electron chi connectivity index (χ4n) is 3.46. The third kappa shape index (κ3) is 7.60. The van der Waals surface area contributed by atoms with Crippen LogP contribution in [0.25, 0.3) is 0 Å². The fraction of sp³-hybridized carbons (Fsp3) is 0.440. The molecule has 0 aliphatic rings. The van der Waals surface area contributed by atoms with E-state index in [0.717, 1.165) is 21.7 Å². The zero-order valence-electron chi connectivity index (χ0n) is 20.1. The van der Waals surface area contributed by atoms with Gasteiger partial charge < -0.3 is 10.2 Å². The molecule has 2 aromatic carbocycles. The van der Waals surface area contributed by atoms with Gasteiger partial charge in [-0.2, -0.15) is 0 Å². The maximum atomic E-state index is 13.5. The van der Waals surface area contributed by atoms with Crippen LogP contribution in [0.2, 0.25) is 0 Å². The van der Waals surface area contributed by atoms with Crippen LogP contribution in [0.5, 0.6) is 0 Å². The van der Waals surface area contributed by atoms with Gasteiger partial charge in [0.15, 0.2) is 0 Å². The van der Waals surface area contributed by atoms with Gasteiger partial charge in [-0.05, 0) is 36.5 Å². The number of anilines is 1. The van der Waals surface area contributed by atoms with Crippen molar-refractivity contribution in [1.29, 1.82) is 0 Å². The molecular weight excluding hydrogens is 438 g/mol. The largest absolute Gasteiger partial charge is 0.354 e. The molecule has 2 aromatic rings. The zero-order chi connectivity index (χ0) is 24.6. The summed E-state index contributed by atoms with van der Waals surface area (Å²) in [6, 6.07) is 15.7. The molecule has 0 aliphatic heterocycles. The van der Waals surface area contributed by atoms with Gasteiger partial charge in [0.1, 0.15) is 12.6 Å². The number of benzene rings is 2. The average Bonchev–Trinajstić information content (AvgIpc) is 2.78. The number of carbonyl (C=O) groups is 2. The van der Waals surface area contributed by atoms with Gasteiger partial charge in [0, 0.05) is 13.1 Å². The number of hydrogen-bond donors (Lipinski definition) is 1. The Morgan fingerprint density at radius 3 is 2.15 bits per heavy atom. The van der Waals surface area contributed by atoms with Crippen LogP contribution in [0.3, 0.4) is 0 Å². The molecule has 1 N–H and O–H groups in total. The first-order valence-electron chi connectivity index (χ1n) is 11.2. The van der Waals surface area contributed by atoms with E-state index < -0.39 is 22.0 Å². The zero-order valence-corrected chi connectivity index (χ0v) is 20.9. The van der Waals surface area contributed by atoms with Crippen molar-refractivity contribution in [2.45, 2.75) is 46.7 Å². The minimum Gasteiger partial charge on any atom is -0.354 e. The number of aryl methyl sites for hydroxylation is 1. The van der Waals surface area contributed by atoms with E-state index in [1.807, 2.05) is 63.2 Å². The number of hydrogen-bond acceptors (Lipinski definition) is 4. The van der Waals surface area contributed by atoms with Gasteiger partial charge in [-0.3, -0.25) is 13.9 Å². The van der Waals surface area contributed by atoms with Crippen LogP contribution < -0.4 is 9.62 Å². The van der Waals surface area contributed by atoms with Crippen molar-refractivity contribution in [3.63, 3.8) is 0 Å². The summed E-state index contributed by atoms with van der Waals surface area (Å²) in [6.45, 7) is 7.90. The van der Waals surface area contributed by atoms with Crippen molar-refractivity contribution < 1.29 is 18.0 Å². The quantitative estimate of drug-likeness (QED) is 0.543. The Bertz CT molecular complexity index is 1040. The van der Waals surface area contributed by atoms with E-state index in [1.54, 1.807) is 19.1 Å². The SMILES string of the molecule is CCc1ccccc1N(CC(=O)N(Cc1ccccc1)[C@@H](C)C(=O)NCC(C)C)S(C)(=O)=O. The van der Waals surface area contributed by atoms with Crippen LogP contribution in [0.15, 0.2) is 54.6 Å². The summed E-state index contributed by atoms with van der Waals surface area (Å²) in [6.07, 6.45) is 1.71. The number of sulfonamides is 1. The molecule has 0 fully saturated rings. The molecule has 180 valence electrons. The van der Waals surface area contributed by atoms with Crippen LogP contribution in [0.4, 0.5) is 5.69 Å². The lowest BCUT2D eigenvalue weighted by Gasteiger charge is -2.32. The molecule has 2 amide bonds. The highest BCUT2D eigenvalue weighted by Gasteiger charge is 2.30. The Balaban J connectivity index is 2.37. The number of amides is 2. The van der Waals surface area contributed by atoms with Crippen LogP contribution in [0.1, 0.15) is 38.8 Å². The van der Waals surface area contributed by atoms with Crippen molar-refractivity contribution in [3.05, 3.63) is 65.7 Å². The van der Waals surface area contributed by atoms with Gasteiger partial charge in [0.2, 0.25) is 21.8 Å². The topological polar surface area (TPSA) is 86.8 Å². The van der Waals surface area contributed by atoms with E-state index in [4.69, 9.17) is 0 Å². The molecule has 0 bridgehead atoms. The number of para-hydroxylation sites is 1. The van der Waals surface area contributed by atoms with E-state index >= 15 is 0 Å². The van der Waals surface area contributed by atoms with Gasteiger partial charge in [0.25, 0.3) is 0 Å². The monoisotopic (exact) mass is 473 g/mol. The second-order valence-electron chi connectivity index (χ2n) is 8.57. The van der Waals surface area contributed by atoms with E-state index in [9.17, 15) is 18.0 Å². The van der Waals surface area contributed by atoms with E-state index in [2.05, 4.69) is 5.32 Å². The molecule has 0 aliphatic carbocycles. The molecule has 8 heteroatoms. The lowest BCUT2D eigenvalue weighted by atomic mass is 10.1. The Kier molecular flexibility index (Phi) is 9.46. The maximum Gasteiger partial charge on any atom is 0.244 e. The molecule has 1 atom stereocenters. The lowest BCUT2D eigenvalue weighted by molar-refractivity contribution is -0.139. The summed E-state index contributed by atoms with van der Waals surface area (Å²) < 4.78 is 26.5. The highest BCUT2D eigenvalue weighted by Crippen LogP contribution is 2.24. The normalized spacial score (nSPS) is 12.3. The average molecular weight is 474 g/mol. The fourth-order valence-corrected chi connectivity index (χ4v) is 4.34. The summed E-state index contributed by atoms with van der Waals surface area (Å²) in [5.41, 5.74) is 2.16. The number of nitrogens with one attached hydrogen (secondary N) is 1. The highest BCUT2D eigenvalue weighted by molar-refractivity contribution is 7.92. The Morgan fingerprint density at radius 1 is 0.970 bits per heavy atom. The molecule has 2 rings (SSSR count). The van der Waals surface area contributed by atoms with Crippen molar-refractivity contribution in [1.82, 2.24) is 10.2 Å². The first-order chi connectivity index (χ1) is 15.5. The Morgan fingerprint density at radius 2 is 1.58 bits per heavy atom. The van der Waals surface area contributed by atoms with Crippen LogP contribution in [0, 0.1) is 5.92 Å². The summed E-state index contributed by atoms with van der Waals surface area (Å²) >= 11 is 0. The Hall–Kier alpha value is -2.87. The van der Waals surface area contributed by atoms with E-state index in [-0.39, 0.29) is 24.9 Å². The molecule has 0 aromatic heterocycles. The van der Waals surface area contributed by atoms with Gasteiger partial charge in [-0.15, -0.1) is 0 Å². The molecule has 0 heterocycles. The predicted molar refractivity (Wildman–Crippen MR) is 132 cm³/mol. The smallest absolute Gasteiger partial charge is 0.244 e. The predicted octanol–water partition coefficient (Wildman–Crippen LogP) is 3.20. The maximum absolute atomic E-state index is 13.5. The number of nitrogens with zero attached hydrogens (tertiary/aromatic N) is 2. The molecule has 0 saturated carbocycles. The summed E-state index contributed by atoms with van der Waals surface area (Å²) in [7, 11) is -3.73. The van der Waals surface area contributed by atoms with Gasteiger partial charge in [-0.1, -0.05) is 69.3 Å². The van der Waals surface area contributed by atoms with E-state index in [0.29, 0.717) is 18.7 Å². The number of carbonyl (C=O) groups excluding carboxylic acids is 2. The van der Waals surface area contributed by atoms with Crippen LogP contribution in [-0.2, 0) is 32.6 Å². The van der Waals surface area contributed by atoms with Crippen molar-refractivity contribution >= 4 is 27.5 Å². The number of rotatable bonds is 11. The third-order valence-corrected chi connectivity index (χ3v) is 6.49. The molecule has 7 nitrogen and oxygen atoms in total. The molecule has 0 unspecified atom stereocenters. The van der Waals surface area contributed by atoms with Crippen molar-refractivity contribution in [2.24, 2.45) is 5.92 Å². The molecule has 0 spiro atoms. The van der Waals surface area contributed by atoms with Crippen molar-refractivity contribution in [3.8, 4) is 0 Å². The second-order valence-corrected chi connectivity index (χ2v) is 10.5. The molecular formula is C25H35N3O4S. The summed E-state index contributed by atoms with van der Waals surface area (Å²) in [5.74, 6) is -0.444. The standard InChI is InChI=1S/C25H35N3O4S/c1-6-22-14-10-11-15-23(22)28(33(5,31)32)18-24(29)27(17-21-12-8-7-9-13-21)20(4)25(30)26-16-19(2)3/h7-15,19-20H,6,16-18H2,1-5H3,(H,26,30)/t20-/m0/s1. The van der Waals surface area contributed by atoms with E-state index in [1.165, 1.54) is 4.90 Å². The minimum atomic E-state index is -3.73. The van der Waals surface area contributed by atoms with Gasteiger partial charge >= 0.3 is 0 Å². The van der Waals surface area contributed by atoms with Crippen LogP contribution >= 0.6 is 0 Å². The lowest BCUT2D eigenvalue weighted by Crippen LogP contribution is -2.51. The summed E-state index contributed by atoms with van der Waals surface area (Å²) in [5, 5.41) is 2.87. The van der Waals surface area contributed by atoms with Crippen LogP contribution in [-0.4, -0.2) is 50.5 Å². The Labute approximate surface area is 197 Å². The first kappa shape index (κ1) is 26.4. The molecule has 33 heavy (non-hydrogen) atoms. The van der Waals surface area contributed by atoms with Gasteiger partial charge in [0.05, 0.1) is 11.9 Å². The highest BCUT2D eigenvalue weighted by atomic mass is 32.2. The summed E-state index contributed by atoms with van der Waals surface area (Å²) in [4.78, 5) is 27.7. The first-order valence-corrected chi connectivity index (χ1v) is 13.1.